The van der Waals surface area contributed by atoms with Crippen molar-refractivity contribution < 1.29 is 22.5 Å². The summed E-state index contributed by atoms with van der Waals surface area (Å²) in [5, 5.41) is 14.0. The molecule has 2 aromatic rings. The van der Waals surface area contributed by atoms with Crippen LogP contribution in [0.3, 0.4) is 0 Å². The molecule has 2 aromatic carbocycles. The maximum Gasteiger partial charge on any atom is 0.270 e. The number of carbonyl (C=O) groups is 1. The Hall–Kier alpha value is -2.50. The molecule has 0 saturated carbocycles. The van der Waals surface area contributed by atoms with E-state index in [9.17, 15) is 27.7 Å². The van der Waals surface area contributed by atoms with Crippen LogP contribution in [0.1, 0.15) is 23.2 Å². The van der Waals surface area contributed by atoms with E-state index in [1.54, 1.807) is 18.2 Å². The van der Waals surface area contributed by atoms with E-state index in [4.69, 9.17) is 0 Å². The molecular weight excluding hydrogens is 445 g/mol. The SMILES string of the molecule is CS(=O)(=O)N1CCC(CNC(=O)c2cc([N+](=O)[O-])ccc2Sc2ccccc2F)CC1. The van der Waals surface area contributed by atoms with Crippen molar-refractivity contribution in [1.29, 1.82) is 0 Å². The summed E-state index contributed by atoms with van der Waals surface area (Å²) in [6.07, 6.45) is 2.39. The molecule has 1 aliphatic rings. The minimum Gasteiger partial charge on any atom is -0.352 e. The first-order valence-corrected chi connectivity index (χ1v) is 12.3. The first-order valence-electron chi connectivity index (χ1n) is 9.59. The molecule has 0 aromatic heterocycles. The highest BCUT2D eigenvalue weighted by atomic mass is 32.2. The number of halogens is 1. The van der Waals surface area contributed by atoms with E-state index in [1.807, 2.05) is 0 Å². The molecule has 0 spiro atoms. The fourth-order valence-electron chi connectivity index (χ4n) is 3.32. The number of nitro groups is 1. The molecule has 0 bridgehead atoms. The lowest BCUT2D eigenvalue weighted by molar-refractivity contribution is -0.384. The number of rotatable bonds is 7. The number of benzene rings is 2. The van der Waals surface area contributed by atoms with E-state index < -0.39 is 26.7 Å². The molecule has 1 fully saturated rings. The van der Waals surface area contributed by atoms with Crippen LogP contribution in [0, 0.1) is 21.8 Å². The zero-order chi connectivity index (χ0) is 22.6. The standard InChI is InChI=1S/C20H22FN3O5S2/c1-31(28,29)23-10-8-14(9-11-23)13-22-20(25)16-12-15(24(26)27)6-7-18(16)30-19-5-3-2-4-17(19)21/h2-7,12,14H,8-11,13H2,1H3,(H,22,25). The number of carbonyl (C=O) groups excluding carboxylic acids is 1. The molecule has 1 aliphatic heterocycles. The van der Waals surface area contributed by atoms with E-state index >= 15 is 0 Å². The van der Waals surface area contributed by atoms with Crippen molar-refractivity contribution in [2.75, 3.05) is 25.9 Å². The second-order valence-electron chi connectivity index (χ2n) is 7.29. The molecule has 11 heteroatoms. The maximum absolute atomic E-state index is 14.0. The number of nitro benzene ring substituents is 1. The van der Waals surface area contributed by atoms with Gasteiger partial charge in [-0.25, -0.2) is 17.1 Å². The van der Waals surface area contributed by atoms with Gasteiger partial charge in [0, 0.05) is 41.6 Å². The number of non-ortho nitro benzene ring substituents is 1. The summed E-state index contributed by atoms with van der Waals surface area (Å²) in [7, 11) is -3.23. The van der Waals surface area contributed by atoms with Gasteiger partial charge in [0.25, 0.3) is 11.6 Å². The largest absolute Gasteiger partial charge is 0.352 e. The number of hydrogen-bond donors (Lipinski definition) is 1. The highest BCUT2D eigenvalue weighted by Crippen LogP contribution is 2.34. The maximum atomic E-state index is 14.0. The van der Waals surface area contributed by atoms with Crippen molar-refractivity contribution in [2.45, 2.75) is 22.6 Å². The van der Waals surface area contributed by atoms with Gasteiger partial charge in [0.15, 0.2) is 0 Å². The van der Waals surface area contributed by atoms with Gasteiger partial charge >= 0.3 is 0 Å². The second-order valence-corrected chi connectivity index (χ2v) is 10.4. The van der Waals surface area contributed by atoms with Crippen LogP contribution in [0.2, 0.25) is 0 Å². The molecule has 0 atom stereocenters. The molecule has 1 heterocycles. The van der Waals surface area contributed by atoms with Gasteiger partial charge in [0.2, 0.25) is 10.0 Å². The van der Waals surface area contributed by atoms with Crippen molar-refractivity contribution in [1.82, 2.24) is 9.62 Å². The minimum absolute atomic E-state index is 0.0935. The van der Waals surface area contributed by atoms with Crippen molar-refractivity contribution in [3.05, 3.63) is 64.0 Å². The Morgan fingerprint density at radius 3 is 2.52 bits per heavy atom. The summed E-state index contributed by atoms with van der Waals surface area (Å²) in [5.41, 5.74) is -0.138. The summed E-state index contributed by atoms with van der Waals surface area (Å²) >= 11 is 1.02. The summed E-state index contributed by atoms with van der Waals surface area (Å²) in [6.45, 7) is 1.11. The molecule has 0 radical (unpaired) electrons. The van der Waals surface area contributed by atoms with Crippen LogP contribution in [0.25, 0.3) is 0 Å². The Kier molecular flexibility index (Phi) is 7.29. The topological polar surface area (TPSA) is 110 Å². The van der Waals surface area contributed by atoms with Gasteiger partial charge in [-0.2, -0.15) is 0 Å². The fourth-order valence-corrected chi connectivity index (χ4v) is 5.14. The van der Waals surface area contributed by atoms with Crippen LogP contribution >= 0.6 is 11.8 Å². The van der Waals surface area contributed by atoms with Crippen LogP contribution in [0.5, 0.6) is 0 Å². The lowest BCUT2D eigenvalue weighted by atomic mass is 9.98. The van der Waals surface area contributed by atoms with Crippen molar-refractivity contribution in [3.8, 4) is 0 Å². The number of nitrogens with one attached hydrogen (secondary N) is 1. The van der Waals surface area contributed by atoms with Gasteiger partial charge in [0.1, 0.15) is 5.82 Å². The summed E-state index contributed by atoms with van der Waals surface area (Å²) in [4.78, 5) is 24.1. The normalized spacial score (nSPS) is 15.5. The first kappa shape index (κ1) is 23.2. The molecular formula is C20H22FN3O5S2. The number of piperidine rings is 1. The number of amides is 1. The highest BCUT2D eigenvalue weighted by Gasteiger charge is 2.26. The quantitative estimate of drug-likeness (QED) is 0.494. The molecule has 1 saturated heterocycles. The molecule has 166 valence electrons. The Bertz CT molecular complexity index is 1090. The average Bonchev–Trinajstić information content (AvgIpc) is 2.73. The second kappa shape index (κ2) is 9.75. The predicted octanol–water partition coefficient (Wildman–Crippen LogP) is 3.29. The van der Waals surface area contributed by atoms with Gasteiger partial charge in [-0.05, 0) is 37.0 Å². The Balaban J connectivity index is 1.72. The van der Waals surface area contributed by atoms with Crippen LogP contribution in [-0.2, 0) is 10.0 Å². The number of hydrogen-bond acceptors (Lipinski definition) is 6. The van der Waals surface area contributed by atoms with E-state index in [-0.39, 0.29) is 17.2 Å². The van der Waals surface area contributed by atoms with Gasteiger partial charge in [-0.15, -0.1) is 0 Å². The van der Waals surface area contributed by atoms with E-state index in [0.29, 0.717) is 42.3 Å². The van der Waals surface area contributed by atoms with Gasteiger partial charge in [0.05, 0.1) is 16.7 Å². The highest BCUT2D eigenvalue weighted by molar-refractivity contribution is 7.99. The zero-order valence-electron chi connectivity index (χ0n) is 16.8. The third kappa shape index (κ3) is 6.02. The Morgan fingerprint density at radius 1 is 1.23 bits per heavy atom. The monoisotopic (exact) mass is 467 g/mol. The molecule has 0 unspecified atom stereocenters. The van der Waals surface area contributed by atoms with E-state index in [2.05, 4.69) is 5.32 Å². The van der Waals surface area contributed by atoms with Gasteiger partial charge in [-0.3, -0.25) is 14.9 Å². The zero-order valence-corrected chi connectivity index (χ0v) is 18.4. The number of nitrogens with zero attached hydrogens (tertiary/aromatic N) is 2. The van der Waals surface area contributed by atoms with Gasteiger partial charge in [-0.1, -0.05) is 23.9 Å². The molecule has 1 amide bonds. The fraction of sp³-hybridized carbons (Fsp3) is 0.350. The Morgan fingerprint density at radius 2 is 1.90 bits per heavy atom. The van der Waals surface area contributed by atoms with Crippen molar-refractivity contribution >= 4 is 33.4 Å². The number of sulfonamides is 1. The molecule has 8 nitrogen and oxygen atoms in total. The van der Waals surface area contributed by atoms with Crippen molar-refractivity contribution in [3.63, 3.8) is 0 Å². The van der Waals surface area contributed by atoms with Gasteiger partial charge < -0.3 is 5.32 Å². The van der Waals surface area contributed by atoms with Crippen LogP contribution in [-0.4, -0.2) is 49.4 Å². The molecule has 31 heavy (non-hydrogen) atoms. The summed E-state index contributed by atoms with van der Waals surface area (Å²) < 4.78 is 38.7. The smallest absolute Gasteiger partial charge is 0.270 e. The van der Waals surface area contributed by atoms with Crippen LogP contribution in [0.4, 0.5) is 10.1 Å². The van der Waals surface area contributed by atoms with Crippen LogP contribution in [0.15, 0.2) is 52.3 Å². The molecule has 1 N–H and O–H groups in total. The molecule has 0 aliphatic carbocycles. The average molecular weight is 468 g/mol. The third-order valence-corrected chi connectivity index (χ3v) is 7.50. The predicted molar refractivity (Wildman–Crippen MR) is 115 cm³/mol. The van der Waals surface area contributed by atoms with Crippen molar-refractivity contribution in [2.24, 2.45) is 5.92 Å². The molecule has 3 rings (SSSR count). The lowest BCUT2D eigenvalue weighted by Gasteiger charge is -2.30. The minimum atomic E-state index is -3.23. The summed E-state index contributed by atoms with van der Waals surface area (Å²) in [6, 6.07) is 9.99. The van der Waals surface area contributed by atoms with E-state index in [0.717, 1.165) is 11.8 Å². The summed E-state index contributed by atoms with van der Waals surface area (Å²) in [5.74, 6) is -0.841. The Labute approximate surface area is 184 Å². The lowest BCUT2D eigenvalue weighted by Crippen LogP contribution is -2.41. The van der Waals surface area contributed by atoms with Crippen LogP contribution < -0.4 is 5.32 Å². The first-order chi connectivity index (χ1) is 14.6. The third-order valence-electron chi connectivity index (χ3n) is 5.07. The van der Waals surface area contributed by atoms with E-state index in [1.165, 1.54) is 34.8 Å².